The van der Waals surface area contributed by atoms with Crippen LogP contribution in [0.2, 0.25) is 0 Å². The minimum Gasteiger partial charge on any atom is -0.368 e. The van der Waals surface area contributed by atoms with Crippen molar-refractivity contribution < 1.29 is 22.4 Å². The van der Waals surface area contributed by atoms with Crippen LogP contribution in [-0.4, -0.2) is 43.8 Å². The lowest BCUT2D eigenvalue weighted by molar-refractivity contribution is -0.122. The topological polar surface area (TPSA) is 122 Å². The lowest BCUT2D eigenvalue weighted by atomic mass is 10.1. The summed E-state index contributed by atoms with van der Waals surface area (Å²) in [5.74, 6) is -1.95. The van der Waals surface area contributed by atoms with Crippen molar-refractivity contribution in [1.29, 1.82) is 0 Å². The van der Waals surface area contributed by atoms with Gasteiger partial charge >= 0.3 is 0 Å². The molecule has 0 aliphatic carbocycles. The van der Waals surface area contributed by atoms with E-state index in [1.165, 1.54) is 0 Å². The minimum absolute atomic E-state index is 0.196. The van der Waals surface area contributed by atoms with E-state index in [1.807, 2.05) is 11.0 Å². The fourth-order valence-electron chi connectivity index (χ4n) is 3.74. The van der Waals surface area contributed by atoms with Crippen LogP contribution in [0.25, 0.3) is 0 Å². The number of halogens is 1. The van der Waals surface area contributed by atoms with Crippen molar-refractivity contribution in [2.45, 2.75) is 50.2 Å². The second-order valence-corrected chi connectivity index (χ2v) is 9.82. The number of anilines is 1. The zero-order valence-corrected chi connectivity index (χ0v) is 18.8. The van der Waals surface area contributed by atoms with Crippen molar-refractivity contribution in [1.82, 2.24) is 9.62 Å². The van der Waals surface area contributed by atoms with Crippen LogP contribution in [0, 0.1) is 5.82 Å². The molecule has 0 bridgehead atoms. The van der Waals surface area contributed by atoms with E-state index in [4.69, 9.17) is 5.73 Å². The fraction of sp³-hybridized carbons (Fsp3) is 0.364. The third-order valence-electron chi connectivity index (χ3n) is 5.15. The summed E-state index contributed by atoms with van der Waals surface area (Å²) < 4.78 is 41.5. The summed E-state index contributed by atoms with van der Waals surface area (Å²) in [7, 11) is -3.88. The quantitative estimate of drug-likeness (QED) is 0.555. The van der Waals surface area contributed by atoms with Gasteiger partial charge in [-0.2, -0.15) is 0 Å². The number of primary amides is 1. The lowest BCUT2D eigenvalue weighted by Crippen LogP contribution is -2.39. The molecule has 0 radical (unpaired) electrons. The van der Waals surface area contributed by atoms with Crippen LogP contribution in [-0.2, 0) is 21.4 Å². The van der Waals surface area contributed by atoms with E-state index in [1.54, 1.807) is 32.0 Å². The van der Waals surface area contributed by atoms with Gasteiger partial charge in [-0.15, -0.1) is 0 Å². The zero-order valence-electron chi connectivity index (χ0n) is 18.0. The van der Waals surface area contributed by atoms with E-state index in [-0.39, 0.29) is 28.4 Å². The highest BCUT2D eigenvalue weighted by Crippen LogP contribution is 2.22. The SMILES string of the molecule is CC(C)NS(=O)(=O)c1ccc(F)c(C(=O)Nc2cccc(CN3CCCC3C(N)=O)c2)c1. The molecule has 0 aromatic heterocycles. The van der Waals surface area contributed by atoms with Gasteiger partial charge < -0.3 is 11.1 Å². The number of sulfonamides is 1. The Hall–Kier alpha value is -2.82. The van der Waals surface area contributed by atoms with Crippen LogP contribution in [0.5, 0.6) is 0 Å². The molecule has 1 unspecified atom stereocenters. The fourth-order valence-corrected chi connectivity index (χ4v) is 5.02. The normalized spacial score (nSPS) is 16.9. The first-order valence-corrected chi connectivity index (χ1v) is 11.8. The van der Waals surface area contributed by atoms with Gasteiger partial charge in [0.1, 0.15) is 5.82 Å². The molecular formula is C22H27FN4O4S. The Morgan fingerprint density at radius 1 is 1.22 bits per heavy atom. The molecule has 4 N–H and O–H groups in total. The van der Waals surface area contributed by atoms with Crippen LogP contribution in [0.1, 0.15) is 42.6 Å². The second kappa shape index (κ2) is 9.76. The molecule has 0 saturated carbocycles. The number of likely N-dealkylation sites (tertiary alicyclic amines) is 1. The van der Waals surface area contributed by atoms with Gasteiger partial charge in [0.25, 0.3) is 5.91 Å². The number of hydrogen-bond acceptors (Lipinski definition) is 5. The van der Waals surface area contributed by atoms with Gasteiger partial charge in [-0.1, -0.05) is 12.1 Å². The largest absolute Gasteiger partial charge is 0.368 e. The van der Waals surface area contributed by atoms with Crippen molar-refractivity contribution in [2.24, 2.45) is 5.73 Å². The summed E-state index contributed by atoms with van der Waals surface area (Å²) in [5.41, 5.74) is 6.37. The summed E-state index contributed by atoms with van der Waals surface area (Å²) in [6.07, 6.45) is 1.60. The minimum atomic E-state index is -3.88. The summed E-state index contributed by atoms with van der Waals surface area (Å²) in [6.45, 7) is 4.56. The number of amides is 2. The molecular weight excluding hydrogens is 435 g/mol. The molecule has 1 heterocycles. The third kappa shape index (κ3) is 5.70. The molecule has 1 fully saturated rings. The highest BCUT2D eigenvalue weighted by Gasteiger charge is 2.28. The van der Waals surface area contributed by atoms with Crippen LogP contribution < -0.4 is 15.8 Å². The smallest absolute Gasteiger partial charge is 0.258 e. The Morgan fingerprint density at radius 3 is 2.66 bits per heavy atom. The predicted molar refractivity (Wildman–Crippen MR) is 119 cm³/mol. The summed E-state index contributed by atoms with van der Waals surface area (Å²) in [6, 6.07) is 9.40. The monoisotopic (exact) mass is 462 g/mol. The van der Waals surface area contributed by atoms with Gasteiger partial charge in [0.05, 0.1) is 16.5 Å². The van der Waals surface area contributed by atoms with Gasteiger partial charge in [-0.25, -0.2) is 17.5 Å². The number of carbonyl (C=O) groups excluding carboxylic acids is 2. The molecule has 1 aliphatic heterocycles. The molecule has 8 nitrogen and oxygen atoms in total. The highest BCUT2D eigenvalue weighted by atomic mass is 32.2. The molecule has 172 valence electrons. The molecule has 1 aliphatic rings. The van der Waals surface area contributed by atoms with Crippen molar-refractivity contribution in [2.75, 3.05) is 11.9 Å². The maximum absolute atomic E-state index is 14.3. The van der Waals surface area contributed by atoms with Crippen molar-refractivity contribution in [3.8, 4) is 0 Å². The molecule has 2 aromatic carbocycles. The first-order chi connectivity index (χ1) is 15.1. The molecule has 10 heteroatoms. The van der Waals surface area contributed by atoms with E-state index in [2.05, 4.69) is 10.0 Å². The first kappa shape index (κ1) is 23.8. The maximum atomic E-state index is 14.3. The Labute approximate surface area is 187 Å². The van der Waals surface area contributed by atoms with E-state index >= 15 is 0 Å². The number of benzene rings is 2. The number of nitrogens with one attached hydrogen (secondary N) is 2. The molecule has 3 rings (SSSR count). The van der Waals surface area contributed by atoms with E-state index in [9.17, 15) is 22.4 Å². The van der Waals surface area contributed by atoms with Crippen molar-refractivity contribution >= 4 is 27.5 Å². The summed E-state index contributed by atoms with van der Waals surface area (Å²) in [4.78, 5) is 26.1. The average molecular weight is 463 g/mol. The van der Waals surface area contributed by atoms with Gasteiger partial charge in [0, 0.05) is 18.3 Å². The van der Waals surface area contributed by atoms with Crippen molar-refractivity contribution in [3.05, 3.63) is 59.4 Å². The molecule has 2 amide bonds. The number of carbonyl (C=O) groups is 2. The van der Waals surface area contributed by atoms with Crippen LogP contribution in [0.4, 0.5) is 10.1 Å². The van der Waals surface area contributed by atoms with E-state index in [0.29, 0.717) is 12.2 Å². The maximum Gasteiger partial charge on any atom is 0.258 e. The standard InChI is InChI=1S/C22H27FN4O4S/c1-14(2)26-32(30,31)17-8-9-19(23)18(12-17)22(29)25-16-6-3-5-15(11-16)13-27-10-4-7-20(27)21(24)28/h3,5-6,8-9,11-12,14,20,26H,4,7,10,13H2,1-2H3,(H2,24,28)(H,25,29). The Bertz CT molecular complexity index is 1120. The summed E-state index contributed by atoms with van der Waals surface area (Å²) >= 11 is 0. The summed E-state index contributed by atoms with van der Waals surface area (Å²) in [5, 5.41) is 2.61. The van der Waals surface area contributed by atoms with Gasteiger partial charge in [-0.3, -0.25) is 14.5 Å². The molecule has 1 atom stereocenters. The van der Waals surface area contributed by atoms with Gasteiger partial charge in [-0.05, 0) is 69.1 Å². The first-order valence-electron chi connectivity index (χ1n) is 10.3. The lowest BCUT2D eigenvalue weighted by Gasteiger charge is -2.22. The number of nitrogens with zero attached hydrogens (tertiary/aromatic N) is 1. The number of nitrogens with two attached hydrogens (primary N) is 1. The molecule has 32 heavy (non-hydrogen) atoms. The van der Waals surface area contributed by atoms with Gasteiger partial charge in [0.15, 0.2) is 0 Å². The Balaban J connectivity index is 1.77. The Morgan fingerprint density at radius 2 is 1.97 bits per heavy atom. The third-order valence-corrected chi connectivity index (χ3v) is 6.80. The second-order valence-electron chi connectivity index (χ2n) is 8.10. The van der Waals surface area contributed by atoms with Crippen LogP contribution in [0.15, 0.2) is 47.4 Å². The van der Waals surface area contributed by atoms with Crippen LogP contribution in [0.3, 0.4) is 0 Å². The molecule has 0 spiro atoms. The predicted octanol–water partition coefficient (Wildman–Crippen LogP) is 2.21. The van der Waals surface area contributed by atoms with E-state index < -0.39 is 21.7 Å². The number of rotatable bonds is 8. The average Bonchev–Trinajstić information content (AvgIpc) is 3.15. The molecule has 1 saturated heterocycles. The number of hydrogen-bond donors (Lipinski definition) is 3. The van der Waals surface area contributed by atoms with Crippen LogP contribution >= 0.6 is 0 Å². The highest BCUT2D eigenvalue weighted by molar-refractivity contribution is 7.89. The zero-order chi connectivity index (χ0) is 23.5. The van der Waals surface area contributed by atoms with E-state index in [0.717, 1.165) is 43.1 Å². The Kier molecular flexibility index (Phi) is 7.27. The molecule has 2 aromatic rings. The van der Waals surface area contributed by atoms with Crippen molar-refractivity contribution in [3.63, 3.8) is 0 Å². The van der Waals surface area contributed by atoms with Gasteiger partial charge in [0.2, 0.25) is 15.9 Å².